The van der Waals surface area contributed by atoms with Gasteiger partial charge in [0.1, 0.15) is 17.9 Å². The van der Waals surface area contributed by atoms with Crippen molar-refractivity contribution in [2.24, 2.45) is 0 Å². The fraction of sp³-hybridized carbons (Fsp3) is 0.381. The molecule has 2 aromatic rings. The number of rotatable bonds is 5. The van der Waals surface area contributed by atoms with Crippen LogP contribution in [0.5, 0.6) is 5.75 Å². The minimum absolute atomic E-state index is 0.0885. The summed E-state index contributed by atoms with van der Waals surface area (Å²) in [6, 6.07) is 8.97. The molecule has 1 fully saturated rings. The molecule has 2 amide bonds. The first kappa shape index (κ1) is 22.4. The van der Waals surface area contributed by atoms with E-state index in [4.69, 9.17) is 4.74 Å². The second-order valence-corrected chi connectivity index (χ2v) is 7.14. The van der Waals surface area contributed by atoms with Crippen LogP contribution >= 0.6 is 0 Å². The molecule has 1 saturated heterocycles. The lowest BCUT2D eigenvalue weighted by molar-refractivity contribution is -0.140. The van der Waals surface area contributed by atoms with Crippen molar-refractivity contribution in [1.82, 2.24) is 14.4 Å². The first-order valence-electron chi connectivity index (χ1n) is 9.64. The van der Waals surface area contributed by atoms with Gasteiger partial charge in [0.15, 0.2) is 0 Å². The van der Waals surface area contributed by atoms with Crippen LogP contribution in [0.25, 0.3) is 0 Å². The lowest BCUT2D eigenvalue weighted by atomic mass is 10.1. The number of aromatic nitrogens is 1. The minimum atomic E-state index is -4.78. The van der Waals surface area contributed by atoms with E-state index in [1.54, 1.807) is 30.2 Å². The molecule has 0 atom stereocenters. The molecule has 1 aromatic carbocycles. The van der Waals surface area contributed by atoms with E-state index in [9.17, 15) is 27.6 Å². The van der Waals surface area contributed by atoms with Gasteiger partial charge in [-0.1, -0.05) is 12.1 Å². The topological polar surface area (TPSA) is 71.8 Å². The fourth-order valence-corrected chi connectivity index (χ4v) is 3.40. The zero-order chi connectivity index (χ0) is 22.6. The van der Waals surface area contributed by atoms with Gasteiger partial charge in [0.25, 0.3) is 5.56 Å². The highest BCUT2D eigenvalue weighted by atomic mass is 19.4. The first-order chi connectivity index (χ1) is 14.7. The van der Waals surface area contributed by atoms with E-state index < -0.39 is 29.8 Å². The van der Waals surface area contributed by atoms with Gasteiger partial charge in [-0.3, -0.25) is 14.4 Å². The van der Waals surface area contributed by atoms with Crippen LogP contribution in [-0.4, -0.2) is 59.5 Å². The lowest BCUT2D eigenvalue weighted by Crippen LogP contribution is -2.52. The Morgan fingerprint density at radius 1 is 1.00 bits per heavy atom. The molecular formula is C21H22F3N3O4. The van der Waals surface area contributed by atoms with Crippen molar-refractivity contribution in [3.63, 3.8) is 0 Å². The van der Waals surface area contributed by atoms with E-state index in [1.165, 1.54) is 4.90 Å². The standard InChI is InChI=1S/C21H22F3N3O4/c1-31-16-5-2-4-15(12-16)13-18(28)25-8-10-26(11-9-25)19(29)14-27-7-3-6-17(20(27)30)21(22,23)24/h2-7,12H,8-11,13-14H2,1H3. The van der Waals surface area contributed by atoms with Gasteiger partial charge >= 0.3 is 6.18 Å². The van der Waals surface area contributed by atoms with Crippen LogP contribution in [0, 0.1) is 0 Å². The average Bonchev–Trinajstić information content (AvgIpc) is 2.74. The molecular weight excluding hydrogens is 415 g/mol. The minimum Gasteiger partial charge on any atom is -0.497 e. The average molecular weight is 437 g/mol. The molecule has 2 heterocycles. The number of nitrogens with zero attached hydrogens (tertiary/aromatic N) is 3. The number of alkyl halides is 3. The van der Waals surface area contributed by atoms with Gasteiger partial charge in [-0.2, -0.15) is 13.2 Å². The molecule has 10 heteroatoms. The van der Waals surface area contributed by atoms with Gasteiger partial charge in [-0.05, 0) is 29.8 Å². The van der Waals surface area contributed by atoms with Gasteiger partial charge < -0.3 is 19.1 Å². The Balaban J connectivity index is 1.56. The van der Waals surface area contributed by atoms with Crippen LogP contribution in [0.4, 0.5) is 13.2 Å². The highest BCUT2D eigenvalue weighted by Gasteiger charge is 2.34. The number of hydrogen-bond acceptors (Lipinski definition) is 4. The van der Waals surface area contributed by atoms with Crippen LogP contribution in [0.2, 0.25) is 0 Å². The molecule has 31 heavy (non-hydrogen) atoms. The molecule has 1 aliphatic heterocycles. The molecule has 1 aliphatic rings. The number of piperazine rings is 1. The number of pyridine rings is 1. The van der Waals surface area contributed by atoms with Crippen molar-refractivity contribution < 1.29 is 27.5 Å². The lowest BCUT2D eigenvalue weighted by Gasteiger charge is -2.35. The normalized spacial score (nSPS) is 14.5. The van der Waals surface area contributed by atoms with E-state index in [2.05, 4.69) is 0 Å². The number of hydrogen-bond donors (Lipinski definition) is 0. The molecule has 1 aromatic heterocycles. The number of methoxy groups -OCH3 is 1. The zero-order valence-electron chi connectivity index (χ0n) is 16.9. The molecule has 0 radical (unpaired) electrons. The summed E-state index contributed by atoms with van der Waals surface area (Å²) in [5, 5.41) is 0. The van der Waals surface area contributed by atoms with E-state index in [0.717, 1.165) is 22.4 Å². The Kier molecular flexibility index (Phi) is 6.67. The molecule has 0 spiro atoms. The van der Waals surface area contributed by atoms with E-state index >= 15 is 0 Å². The molecule has 166 valence electrons. The summed E-state index contributed by atoms with van der Waals surface area (Å²) in [5.41, 5.74) is -1.75. The largest absolute Gasteiger partial charge is 0.497 e. The maximum Gasteiger partial charge on any atom is 0.421 e. The third kappa shape index (κ3) is 5.44. The Hall–Kier alpha value is -3.30. The van der Waals surface area contributed by atoms with E-state index in [0.29, 0.717) is 24.9 Å². The van der Waals surface area contributed by atoms with Crippen LogP contribution in [-0.2, 0) is 28.7 Å². The van der Waals surface area contributed by atoms with E-state index in [1.807, 2.05) is 6.07 Å². The molecule has 0 aliphatic carbocycles. The number of benzene rings is 1. The second-order valence-electron chi connectivity index (χ2n) is 7.14. The van der Waals surface area contributed by atoms with Crippen molar-refractivity contribution in [3.8, 4) is 5.75 Å². The summed E-state index contributed by atoms with van der Waals surface area (Å²) >= 11 is 0. The van der Waals surface area contributed by atoms with Gasteiger partial charge in [0, 0.05) is 32.4 Å². The van der Waals surface area contributed by atoms with Crippen molar-refractivity contribution in [2.45, 2.75) is 19.1 Å². The highest BCUT2D eigenvalue weighted by Crippen LogP contribution is 2.26. The van der Waals surface area contributed by atoms with Crippen LogP contribution < -0.4 is 10.3 Å². The maximum absolute atomic E-state index is 12.9. The number of amides is 2. The Bertz CT molecular complexity index is 1010. The smallest absolute Gasteiger partial charge is 0.421 e. The number of ether oxygens (including phenoxy) is 1. The highest BCUT2D eigenvalue weighted by molar-refractivity contribution is 5.80. The molecule has 0 saturated carbocycles. The Morgan fingerprint density at radius 2 is 1.65 bits per heavy atom. The molecule has 0 bridgehead atoms. The number of carbonyl (C=O) groups excluding carboxylic acids is 2. The second kappa shape index (κ2) is 9.23. The fourth-order valence-electron chi connectivity index (χ4n) is 3.40. The van der Waals surface area contributed by atoms with Crippen molar-refractivity contribution in [1.29, 1.82) is 0 Å². The summed E-state index contributed by atoms with van der Waals surface area (Å²) in [6.07, 6.45) is -3.42. The SMILES string of the molecule is COc1cccc(CC(=O)N2CCN(C(=O)Cn3cccc(C(F)(F)F)c3=O)CC2)c1. The third-order valence-corrected chi connectivity index (χ3v) is 5.11. The summed E-state index contributed by atoms with van der Waals surface area (Å²) < 4.78 is 44.6. The summed E-state index contributed by atoms with van der Waals surface area (Å²) in [7, 11) is 1.55. The number of carbonyl (C=O) groups is 2. The van der Waals surface area contributed by atoms with Crippen LogP contribution in [0.1, 0.15) is 11.1 Å². The quantitative estimate of drug-likeness (QED) is 0.715. The molecule has 7 nitrogen and oxygen atoms in total. The van der Waals surface area contributed by atoms with Gasteiger partial charge in [-0.25, -0.2) is 0 Å². The Morgan fingerprint density at radius 3 is 2.26 bits per heavy atom. The maximum atomic E-state index is 12.9. The predicted molar refractivity (Wildman–Crippen MR) is 106 cm³/mol. The van der Waals surface area contributed by atoms with E-state index in [-0.39, 0.29) is 25.4 Å². The molecule has 3 rings (SSSR count). The number of halogens is 3. The Labute approximate surface area is 176 Å². The first-order valence-corrected chi connectivity index (χ1v) is 9.64. The third-order valence-electron chi connectivity index (χ3n) is 5.11. The van der Waals surface area contributed by atoms with Gasteiger partial charge in [0.05, 0.1) is 13.5 Å². The van der Waals surface area contributed by atoms with Crippen LogP contribution in [0.3, 0.4) is 0 Å². The summed E-state index contributed by atoms with van der Waals surface area (Å²) in [6.45, 7) is 0.630. The van der Waals surface area contributed by atoms with Crippen LogP contribution in [0.15, 0.2) is 47.4 Å². The summed E-state index contributed by atoms with van der Waals surface area (Å²) in [4.78, 5) is 40.1. The monoisotopic (exact) mass is 437 g/mol. The van der Waals surface area contributed by atoms with Gasteiger partial charge in [-0.15, -0.1) is 0 Å². The molecule has 0 N–H and O–H groups in total. The van der Waals surface area contributed by atoms with Crippen molar-refractivity contribution in [3.05, 3.63) is 64.1 Å². The molecule has 0 unspecified atom stereocenters. The van der Waals surface area contributed by atoms with Gasteiger partial charge in [0.2, 0.25) is 11.8 Å². The van der Waals surface area contributed by atoms with Crippen molar-refractivity contribution in [2.75, 3.05) is 33.3 Å². The summed E-state index contributed by atoms with van der Waals surface area (Å²) in [5.74, 6) is 0.0984. The van der Waals surface area contributed by atoms with Crippen molar-refractivity contribution >= 4 is 11.8 Å². The zero-order valence-corrected chi connectivity index (χ0v) is 16.9. The predicted octanol–water partition coefficient (Wildman–Crippen LogP) is 1.79.